The molecular weight excluding hydrogens is 192 g/mol. The van der Waals surface area contributed by atoms with Gasteiger partial charge in [-0.25, -0.2) is 0 Å². The van der Waals surface area contributed by atoms with Gasteiger partial charge in [-0.1, -0.05) is 6.42 Å². The Bertz CT molecular complexity index is 241. The molecule has 1 aliphatic heterocycles. The van der Waals surface area contributed by atoms with Crippen molar-refractivity contribution in [2.75, 3.05) is 20.1 Å². The maximum atomic E-state index is 11.6. The Hall–Kier alpha value is -0.900. The number of Topliss-reactive ketones (excluding diaryl/α,β-unsaturated/α-hetero) is 1. The number of rotatable bonds is 4. The zero-order valence-corrected chi connectivity index (χ0v) is 9.58. The van der Waals surface area contributed by atoms with Crippen LogP contribution in [-0.2, 0) is 9.59 Å². The monoisotopic (exact) mass is 212 g/mol. The number of likely N-dealkylation sites (tertiary alicyclic amines) is 1. The van der Waals surface area contributed by atoms with Crippen LogP contribution in [0.3, 0.4) is 0 Å². The molecule has 1 fully saturated rings. The summed E-state index contributed by atoms with van der Waals surface area (Å²) in [4.78, 5) is 24.6. The summed E-state index contributed by atoms with van der Waals surface area (Å²) in [5, 5.41) is 2.69. The Morgan fingerprint density at radius 2 is 2.13 bits per heavy atom. The molecule has 1 rings (SSSR count). The lowest BCUT2D eigenvalue weighted by molar-refractivity contribution is -0.128. The number of carbonyl (C=O) groups excluding carboxylic acids is 2. The summed E-state index contributed by atoms with van der Waals surface area (Å²) in [6.45, 7) is 3.25. The van der Waals surface area contributed by atoms with Gasteiger partial charge in [0.05, 0.1) is 6.04 Å². The molecule has 0 aromatic carbocycles. The highest BCUT2D eigenvalue weighted by molar-refractivity contribution is 5.81. The van der Waals surface area contributed by atoms with E-state index >= 15 is 0 Å². The van der Waals surface area contributed by atoms with Crippen LogP contribution >= 0.6 is 0 Å². The van der Waals surface area contributed by atoms with E-state index < -0.39 is 0 Å². The fourth-order valence-corrected chi connectivity index (χ4v) is 2.02. The maximum Gasteiger partial charge on any atom is 0.237 e. The van der Waals surface area contributed by atoms with Crippen molar-refractivity contribution in [1.29, 1.82) is 0 Å². The molecule has 1 N–H and O–H groups in total. The van der Waals surface area contributed by atoms with Crippen molar-refractivity contribution in [3.8, 4) is 0 Å². The van der Waals surface area contributed by atoms with Gasteiger partial charge < -0.3 is 5.32 Å². The van der Waals surface area contributed by atoms with Crippen LogP contribution in [0.4, 0.5) is 0 Å². The Labute approximate surface area is 91.0 Å². The quantitative estimate of drug-likeness (QED) is 0.741. The zero-order chi connectivity index (χ0) is 11.3. The van der Waals surface area contributed by atoms with E-state index in [-0.39, 0.29) is 17.7 Å². The van der Waals surface area contributed by atoms with Crippen molar-refractivity contribution in [1.82, 2.24) is 10.2 Å². The second kappa shape index (κ2) is 5.85. The van der Waals surface area contributed by atoms with Crippen LogP contribution in [-0.4, -0.2) is 42.8 Å². The molecule has 0 aromatic heterocycles. The van der Waals surface area contributed by atoms with Crippen molar-refractivity contribution in [3.63, 3.8) is 0 Å². The van der Waals surface area contributed by atoms with Gasteiger partial charge in [0.2, 0.25) is 5.91 Å². The van der Waals surface area contributed by atoms with E-state index in [9.17, 15) is 9.59 Å². The average molecular weight is 212 g/mol. The number of piperidine rings is 1. The normalized spacial score (nSPS) is 22.4. The van der Waals surface area contributed by atoms with Crippen LogP contribution in [0.15, 0.2) is 0 Å². The molecule has 0 saturated carbocycles. The van der Waals surface area contributed by atoms with Crippen molar-refractivity contribution in [3.05, 3.63) is 0 Å². The molecule has 0 bridgehead atoms. The molecule has 0 aromatic rings. The van der Waals surface area contributed by atoms with Crippen LogP contribution in [0.2, 0.25) is 0 Å². The van der Waals surface area contributed by atoms with Crippen molar-refractivity contribution in [2.45, 2.75) is 38.6 Å². The van der Waals surface area contributed by atoms with E-state index in [2.05, 4.69) is 10.2 Å². The summed E-state index contributed by atoms with van der Waals surface area (Å²) in [7, 11) is 1.67. The first-order valence-electron chi connectivity index (χ1n) is 5.60. The molecule has 1 saturated heterocycles. The van der Waals surface area contributed by atoms with E-state index in [0.717, 1.165) is 25.8 Å². The van der Waals surface area contributed by atoms with E-state index in [4.69, 9.17) is 0 Å². The predicted octanol–water partition coefficient (Wildman–Crippen LogP) is 0.566. The predicted molar refractivity (Wildman–Crippen MR) is 58.6 cm³/mol. The third-order valence-electron chi connectivity index (χ3n) is 2.91. The molecule has 86 valence electrons. The summed E-state index contributed by atoms with van der Waals surface area (Å²) in [5.41, 5.74) is 0. The van der Waals surface area contributed by atoms with E-state index in [0.29, 0.717) is 13.0 Å². The Kier molecular flexibility index (Phi) is 4.75. The van der Waals surface area contributed by atoms with Gasteiger partial charge >= 0.3 is 0 Å². The van der Waals surface area contributed by atoms with Crippen molar-refractivity contribution < 1.29 is 9.59 Å². The third-order valence-corrected chi connectivity index (χ3v) is 2.91. The fourth-order valence-electron chi connectivity index (χ4n) is 2.02. The van der Waals surface area contributed by atoms with Crippen LogP contribution in [0.1, 0.15) is 32.6 Å². The highest BCUT2D eigenvalue weighted by atomic mass is 16.2. The number of hydrogen-bond donors (Lipinski definition) is 1. The Morgan fingerprint density at radius 3 is 2.73 bits per heavy atom. The van der Waals surface area contributed by atoms with Crippen LogP contribution in [0.25, 0.3) is 0 Å². The number of amides is 1. The lowest BCUT2D eigenvalue weighted by Gasteiger charge is -2.34. The molecule has 1 aliphatic rings. The van der Waals surface area contributed by atoms with Gasteiger partial charge in [-0.15, -0.1) is 0 Å². The first-order valence-corrected chi connectivity index (χ1v) is 5.60. The number of ketones is 1. The first-order chi connectivity index (χ1) is 7.15. The van der Waals surface area contributed by atoms with Gasteiger partial charge in [-0.2, -0.15) is 0 Å². The maximum absolute atomic E-state index is 11.6. The second-order valence-electron chi connectivity index (χ2n) is 4.11. The SMILES string of the molecule is CNC(=O)C1CCCCN1CCC(C)=O. The molecule has 0 spiro atoms. The summed E-state index contributed by atoms with van der Waals surface area (Å²) >= 11 is 0. The molecule has 0 radical (unpaired) electrons. The standard InChI is InChI=1S/C11H20N2O2/c1-9(14)6-8-13-7-4-3-5-10(13)11(15)12-2/h10H,3-8H2,1-2H3,(H,12,15). The topological polar surface area (TPSA) is 49.4 Å². The highest BCUT2D eigenvalue weighted by Crippen LogP contribution is 2.17. The number of nitrogens with zero attached hydrogens (tertiary/aromatic N) is 1. The minimum atomic E-state index is -0.0249. The minimum Gasteiger partial charge on any atom is -0.358 e. The zero-order valence-electron chi connectivity index (χ0n) is 9.58. The highest BCUT2D eigenvalue weighted by Gasteiger charge is 2.27. The van der Waals surface area contributed by atoms with Crippen molar-refractivity contribution in [2.24, 2.45) is 0 Å². The summed E-state index contributed by atoms with van der Waals surface area (Å²) in [5.74, 6) is 0.273. The average Bonchev–Trinajstić information content (AvgIpc) is 2.25. The molecular formula is C11H20N2O2. The van der Waals surface area contributed by atoms with Gasteiger partial charge in [0, 0.05) is 20.0 Å². The Morgan fingerprint density at radius 1 is 1.40 bits per heavy atom. The van der Waals surface area contributed by atoms with Gasteiger partial charge in [-0.05, 0) is 26.3 Å². The van der Waals surface area contributed by atoms with E-state index in [1.165, 1.54) is 0 Å². The van der Waals surface area contributed by atoms with Crippen LogP contribution < -0.4 is 5.32 Å². The van der Waals surface area contributed by atoms with Gasteiger partial charge in [0.25, 0.3) is 0 Å². The van der Waals surface area contributed by atoms with Gasteiger partial charge in [0.15, 0.2) is 0 Å². The van der Waals surface area contributed by atoms with E-state index in [1.54, 1.807) is 14.0 Å². The molecule has 4 heteroatoms. The van der Waals surface area contributed by atoms with Gasteiger partial charge in [-0.3, -0.25) is 14.5 Å². The number of carbonyl (C=O) groups is 2. The lowest BCUT2D eigenvalue weighted by atomic mass is 10.0. The Balaban J connectivity index is 2.49. The third kappa shape index (κ3) is 3.63. The smallest absolute Gasteiger partial charge is 0.237 e. The number of likely N-dealkylation sites (N-methyl/N-ethyl adjacent to an activating group) is 1. The largest absolute Gasteiger partial charge is 0.358 e. The van der Waals surface area contributed by atoms with E-state index in [1.807, 2.05) is 0 Å². The van der Waals surface area contributed by atoms with Gasteiger partial charge in [0.1, 0.15) is 5.78 Å². The molecule has 0 aliphatic carbocycles. The molecule has 1 unspecified atom stereocenters. The summed E-state index contributed by atoms with van der Waals surface area (Å²) < 4.78 is 0. The lowest BCUT2D eigenvalue weighted by Crippen LogP contribution is -2.49. The molecule has 1 heterocycles. The summed E-state index contributed by atoms with van der Waals surface area (Å²) in [6, 6.07) is -0.0249. The van der Waals surface area contributed by atoms with Crippen LogP contribution in [0.5, 0.6) is 0 Å². The minimum absolute atomic E-state index is 0.0249. The molecule has 1 atom stereocenters. The molecule has 15 heavy (non-hydrogen) atoms. The first kappa shape index (κ1) is 12.2. The number of nitrogens with one attached hydrogen (secondary N) is 1. The van der Waals surface area contributed by atoms with Crippen LogP contribution in [0, 0.1) is 0 Å². The molecule has 1 amide bonds. The number of hydrogen-bond acceptors (Lipinski definition) is 3. The summed E-state index contributed by atoms with van der Waals surface area (Å²) in [6.07, 6.45) is 3.70. The second-order valence-corrected chi connectivity index (χ2v) is 4.11. The van der Waals surface area contributed by atoms with Crippen molar-refractivity contribution >= 4 is 11.7 Å². The molecule has 4 nitrogen and oxygen atoms in total. The fraction of sp³-hybridized carbons (Fsp3) is 0.818.